The summed E-state index contributed by atoms with van der Waals surface area (Å²) in [6, 6.07) is 0. The standard InChI is InChI=1S/C16H25N3O/c1-13-11-17-12-16(18-13)19-9-7-15(8-10-19)20-14-5-3-2-4-6-14/h11-12,14-15H,2-10H2,1H3. The summed E-state index contributed by atoms with van der Waals surface area (Å²) in [7, 11) is 0. The minimum Gasteiger partial charge on any atom is -0.375 e. The average molecular weight is 275 g/mol. The number of rotatable bonds is 3. The largest absolute Gasteiger partial charge is 0.375 e. The molecule has 1 aromatic heterocycles. The molecule has 0 amide bonds. The summed E-state index contributed by atoms with van der Waals surface area (Å²) < 4.78 is 6.28. The number of aromatic nitrogens is 2. The van der Waals surface area contributed by atoms with Crippen LogP contribution >= 0.6 is 0 Å². The van der Waals surface area contributed by atoms with Crippen LogP contribution in [-0.4, -0.2) is 35.3 Å². The van der Waals surface area contributed by atoms with Crippen molar-refractivity contribution < 1.29 is 4.74 Å². The molecule has 0 N–H and O–H groups in total. The van der Waals surface area contributed by atoms with E-state index in [1.165, 1.54) is 32.1 Å². The normalized spacial score (nSPS) is 22.1. The third-order valence-electron chi connectivity index (χ3n) is 4.45. The highest BCUT2D eigenvalue weighted by Gasteiger charge is 2.24. The summed E-state index contributed by atoms with van der Waals surface area (Å²) in [5, 5.41) is 0. The number of piperidine rings is 1. The van der Waals surface area contributed by atoms with Gasteiger partial charge in [0, 0.05) is 19.3 Å². The zero-order chi connectivity index (χ0) is 13.8. The summed E-state index contributed by atoms with van der Waals surface area (Å²) in [6.07, 6.45) is 13.5. The molecule has 2 fully saturated rings. The first-order chi connectivity index (χ1) is 9.81. The number of anilines is 1. The molecule has 2 heterocycles. The van der Waals surface area contributed by atoms with E-state index in [-0.39, 0.29) is 0 Å². The summed E-state index contributed by atoms with van der Waals surface area (Å²) in [4.78, 5) is 11.1. The van der Waals surface area contributed by atoms with Crippen molar-refractivity contribution in [3.8, 4) is 0 Å². The fraction of sp³-hybridized carbons (Fsp3) is 0.750. The van der Waals surface area contributed by atoms with Crippen LogP contribution in [-0.2, 0) is 4.74 Å². The van der Waals surface area contributed by atoms with E-state index in [1.807, 2.05) is 19.3 Å². The molecule has 0 radical (unpaired) electrons. The second-order valence-electron chi connectivity index (χ2n) is 6.10. The first kappa shape index (κ1) is 13.8. The molecule has 1 aromatic rings. The lowest BCUT2D eigenvalue weighted by Gasteiger charge is -2.35. The van der Waals surface area contributed by atoms with Crippen LogP contribution in [0.1, 0.15) is 50.6 Å². The predicted octanol–water partition coefficient (Wildman–Crippen LogP) is 3.10. The topological polar surface area (TPSA) is 38.2 Å². The predicted molar refractivity (Wildman–Crippen MR) is 80.0 cm³/mol. The van der Waals surface area contributed by atoms with Crippen molar-refractivity contribution in [2.75, 3.05) is 18.0 Å². The van der Waals surface area contributed by atoms with E-state index in [0.29, 0.717) is 12.2 Å². The van der Waals surface area contributed by atoms with E-state index < -0.39 is 0 Å². The molecule has 2 aliphatic rings. The molecule has 4 heteroatoms. The first-order valence-corrected chi connectivity index (χ1v) is 8.00. The Kier molecular flexibility index (Phi) is 4.51. The van der Waals surface area contributed by atoms with Gasteiger partial charge in [-0.15, -0.1) is 0 Å². The van der Waals surface area contributed by atoms with Crippen molar-refractivity contribution in [2.24, 2.45) is 0 Å². The van der Waals surface area contributed by atoms with Crippen LogP contribution in [0.25, 0.3) is 0 Å². The Labute approximate surface area is 121 Å². The van der Waals surface area contributed by atoms with Crippen molar-refractivity contribution in [3.05, 3.63) is 18.1 Å². The van der Waals surface area contributed by atoms with Gasteiger partial charge < -0.3 is 9.64 Å². The van der Waals surface area contributed by atoms with Crippen molar-refractivity contribution in [2.45, 2.75) is 64.1 Å². The van der Waals surface area contributed by atoms with Gasteiger partial charge in [0.15, 0.2) is 0 Å². The van der Waals surface area contributed by atoms with E-state index in [1.54, 1.807) is 0 Å². The Balaban J connectivity index is 1.49. The Hall–Kier alpha value is -1.16. The van der Waals surface area contributed by atoms with Crippen molar-refractivity contribution in [1.82, 2.24) is 9.97 Å². The van der Waals surface area contributed by atoms with Gasteiger partial charge in [0.1, 0.15) is 5.82 Å². The van der Waals surface area contributed by atoms with Gasteiger partial charge in [-0.1, -0.05) is 19.3 Å². The second kappa shape index (κ2) is 6.53. The lowest BCUT2D eigenvalue weighted by molar-refractivity contribution is -0.0395. The van der Waals surface area contributed by atoms with E-state index in [0.717, 1.165) is 37.4 Å². The summed E-state index contributed by atoms with van der Waals surface area (Å²) >= 11 is 0. The maximum Gasteiger partial charge on any atom is 0.147 e. The number of hydrogen-bond donors (Lipinski definition) is 0. The molecule has 3 rings (SSSR count). The molecule has 1 saturated carbocycles. The maximum absolute atomic E-state index is 6.28. The summed E-state index contributed by atoms with van der Waals surface area (Å²) in [5.74, 6) is 1.01. The van der Waals surface area contributed by atoms with E-state index in [2.05, 4.69) is 14.9 Å². The van der Waals surface area contributed by atoms with Crippen LogP contribution in [0, 0.1) is 6.92 Å². The fourth-order valence-corrected chi connectivity index (χ4v) is 3.30. The third kappa shape index (κ3) is 3.48. The zero-order valence-corrected chi connectivity index (χ0v) is 12.4. The smallest absolute Gasteiger partial charge is 0.147 e. The highest BCUT2D eigenvalue weighted by Crippen LogP contribution is 2.25. The lowest BCUT2D eigenvalue weighted by atomic mass is 9.97. The SMILES string of the molecule is Cc1cncc(N2CCC(OC3CCCCC3)CC2)n1. The van der Waals surface area contributed by atoms with Gasteiger partial charge in [-0.25, -0.2) is 4.98 Å². The van der Waals surface area contributed by atoms with Crippen molar-refractivity contribution >= 4 is 5.82 Å². The molecule has 0 unspecified atom stereocenters. The molecular weight excluding hydrogens is 250 g/mol. The van der Waals surface area contributed by atoms with Gasteiger partial charge in [-0.2, -0.15) is 0 Å². The Morgan fingerprint density at radius 2 is 1.70 bits per heavy atom. The highest BCUT2D eigenvalue weighted by molar-refractivity contribution is 5.36. The van der Waals surface area contributed by atoms with Gasteiger partial charge in [0.05, 0.1) is 24.1 Å². The molecule has 110 valence electrons. The zero-order valence-electron chi connectivity index (χ0n) is 12.4. The Bertz CT molecular complexity index is 423. The minimum absolute atomic E-state index is 0.451. The molecule has 1 saturated heterocycles. The quantitative estimate of drug-likeness (QED) is 0.849. The molecule has 1 aliphatic heterocycles. The van der Waals surface area contributed by atoms with Crippen LogP contribution in [0.4, 0.5) is 5.82 Å². The number of aryl methyl sites for hydroxylation is 1. The second-order valence-corrected chi connectivity index (χ2v) is 6.10. The van der Waals surface area contributed by atoms with E-state index in [9.17, 15) is 0 Å². The van der Waals surface area contributed by atoms with Gasteiger partial charge in [0.2, 0.25) is 0 Å². The molecule has 20 heavy (non-hydrogen) atoms. The monoisotopic (exact) mass is 275 g/mol. The van der Waals surface area contributed by atoms with Crippen LogP contribution in [0.2, 0.25) is 0 Å². The summed E-state index contributed by atoms with van der Waals surface area (Å²) in [5.41, 5.74) is 0.989. The Morgan fingerprint density at radius 1 is 1.00 bits per heavy atom. The lowest BCUT2D eigenvalue weighted by Crippen LogP contribution is -2.39. The molecule has 1 aliphatic carbocycles. The van der Waals surface area contributed by atoms with Crippen LogP contribution in [0.15, 0.2) is 12.4 Å². The highest BCUT2D eigenvalue weighted by atomic mass is 16.5. The van der Waals surface area contributed by atoms with Gasteiger partial charge in [-0.05, 0) is 32.6 Å². The summed E-state index contributed by atoms with van der Waals surface area (Å²) in [6.45, 7) is 4.07. The van der Waals surface area contributed by atoms with Crippen molar-refractivity contribution in [3.63, 3.8) is 0 Å². The molecule has 0 atom stereocenters. The van der Waals surface area contributed by atoms with Crippen LogP contribution in [0.3, 0.4) is 0 Å². The van der Waals surface area contributed by atoms with Crippen molar-refractivity contribution in [1.29, 1.82) is 0 Å². The maximum atomic E-state index is 6.28. The van der Waals surface area contributed by atoms with E-state index >= 15 is 0 Å². The fourth-order valence-electron chi connectivity index (χ4n) is 3.30. The van der Waals surface area contributed by atoms with Crippen LogP contribution < -0.4 is 4.90 Å². The first-order valence-electron chi connectivity index (χ1n) is 8.00. The van der Waals surface area contributed by atoms with Crippen LogP contribution in [0.5, 0.6) is 0 Å². The van der Waals surface area contributed by atoms with E-state index in [4.69, 9.17) is 4.74 Å². The van der Waals surface area contributed by atoms with Gasteiger partial charge >= 0.3 is 0 Å². The van der Waals surface area contributed by atoms with Gasteiger partial charge in [0.25, 0.3) is 0 Å². The van der Waals surface area contributed by atoms with Gasteiger partial charge in [-0.3, -0.25) is 4.98 Å². The Morgan fingerprint density at radius 3 is 2.40 bits per heavy atom. The molecular formula is C16H25N3O. The average Bonchev–Trinajstić information content (AvgIpc) is 2.49. The number of nitrogens with zero attached hydrogens (tertiary/aromatic N) is 3. The molecule has 0 spiro atoms. The molecule has 0 aromatic carbocycles. The number of hydrogen-bond acceptors (Lipinski definition) is 4. The minimum atomic E-state index is 0.451. The third-order valence-corrected chi connectivity index (χ3v) is 4.45. The molecule has 0 bridgehead atoms. The number of ether oxygens (including phenoxy) is 1. The molecule has 4 nitrogen and oxygen atoms in total.